The van der Waals surface area contributed by atoms with Gasteiger partial charge < -0.3 is 28.4 Å². The number of rotatable bonds is 9. The Hall–Kier alpha value is -3.63. The van der Waals surface area contributed by atoms with E-state index in [-0.39, 0.29) is 13.2 Å². The highest BCUT2D eigenvalue weighted by Crippen LogP contribution is 2.38. The predicted molar refractivity (Wildman–Crippen MR) is 133 cm³/mol. The highest BCUT2D eigenvalue weighted by Gasteiger charge is 2.52. The second-order valence-electron chi connectivity index (χ2n) is 8.57. The third-order valence-electron chi connectivity index (χ3n) is 5.53. The van der Waals surface area contributed by atoms with Gasteiger partial charge in [-0.1, -0.05) is 35.9 Å². The molecule has 2 aromatic carbocycles. The number of carbonyl (C=O) groups is 4. The fraction of sp³-hybridized carbons (Fsp3) is 0.407. The van der Waals surface area contributed by atoms with Crippen molar-refractivity contribution >= 4 is 35.5 Å². The smallest absolute Gasteiger partial charge is 0.303 e. The summed E-state index contributed by atoms with van der Waals surface area (Å²) in [5.74, 6) is -2.03. The van der Waals surface area contributed by atoms with Crippen LogP contribution >= 0.6 is 11.6 Å². The van der Waals surface area contributed by atoms with Crippen LogP contribution in [-0.4, -0.2) is 54.9 Å². The van der Waals surface area contributed by atoms with Gasteiger partial charge >= 0.3 is 23.9 Å². The second-order valence-corrected chi connectivity index (χ2v) is 8.98. The van der Waals surface area contributed by atoms with E-state index in [9.17, 15) is 19.2 Å². The first-order valence-corrected chi connectivity index (χ1v) is 12.2. The molecule has 0 saturated carbocycles. The zero-order valence-corrected chi connectivity index (χ0v) is 22.1. The van der Waals surface area contributed by atoms with Crippen LogP contribution in [0.2, 0.25) is 5.02 Å². The van der Waals surface area contributed by atoms with Crippen molar-refractivity contribution in [3.63, 3.8) is 0 Å². The summed E-state index contributed by atoms with van der Waals surface area (Å²) in [5, 5.41) is 0.426. The molecule has 1 saturated heterocycles. The predicted octanol–water partition coefficient (Wildman–Crippen LogP) is 3.72. The molecular formula is C27H29ClO10. The van der Waals surface area contributed by atoms with E-state index >= 15 is 0 Å². The third kappa shape index (κ3) is 7.93. The Bertz CT molecular complexity index is 1150. The number of esters is 4. The second kappa shape index (κ2) is 13.3. The normalized spacial score (nSPS) is 22.6. The minimum atomic E-state index is -1.26. The Labute approximate surface area is 225 Å². The Morgan fingerprint density at radius 2 is 1.39 bits per heavy atom. The van der Waals surface area contributed by atoms with Gasteiger partial charge in [0.15, 0.2) is 18.3 Å². The summed E-state index contributed by atoms with van der Waals surface area (Å²) in [7, 11) is 0. The van der Waals surface area contributed by atoms with Crippen molar-refractivity contribution in [2.24, 2.45) is 0 Å². The number of halogens is 1. The molecular weight excluding hydrogens is 520 g/mol. The van der Waals surface area contributed by atoms with Gasteiger partial charge in [-0.25, -0.2) is 0 Å². The van der Waals surface area contributed by atoms with Crippen molar-refractivity contribution in [3.8, 4) is 5.75 Å². The molecule has 204 valence electrons. The summed E-state index contributed by atoms with van der Waals surface area (Å²) in [6, 6.07) is 14.2. The van der Waals surface area contributed by atoms with E-state index < -0.39 is 54.4 Å². The van der Waals surface area contributed by atoms with Crippen LogP contribution in [0.4, 0.5) is 0 Å². The number of hydrogen-bond donors (Lipinski definition) is 0. The van der Waals surface area contributed by atoms with Gasteiger partial charge in [-0.15, -0.1) is 0 Å². The van der Waals surface area contributed by atoms with E-state index in [1.165, 1.54) is 27.7 Å². The molecule has 2 aromatic rings. The van der Waals surface area contributed by atoms with Gasteiger partial charge in [0.25, 0.3) is 0 Å². The van der Waals surface area contributed by atoms with Gasteiger partial charge in [0.05, 0.1) is 0 Å². The van der Waals surface area contributed by atoms with Gasteiger partial charge in [-0.2, -0.15) is 0 Å². The number of hydrogen-bond acceptors (Lipinski definition) is 10. The van der Waals surface area contributed by atoms with Gasteiger partial charge in [0, 0.05) is 38.3 Å². The molecule has 1 fully saturated rings. The summed E-state index contributed by atoms with van der Waals surface area (Å²) in [5.41, 5.74) is 1.12. The van der Waals surface area contributed by atoms with Gasteiger partial charge in [0.2, 0.25) is 0 Å². The molecule has 0 aliphatic carbocycles. The molecule has 1 aliphatic heterocycles. The van der Waals surface area contributed by atoms with Crippen LogP contribution in [0.15, 0.2) is 48.5 Å². The summed E-state index contributed by atoms with van der Waals surface area (Å²) in [6.07, 6.45) is -5.77. The Balaban J connectivity index is 2.01. The maximum Gasteiger partial charge on any atom is 0.303 e. The van der Waals surface area contributed by atoms with Crippen LogP contribution in [0.5, 0.6) is 5.75 Å². The van der Waals surface area contributed by atoms with Crippen LogP contribution in [-0.2, 0) is 49.5 Å². The standard InChI is InChI=1S/C27H29ClO10/c1-15(29)33-14-23-25(35-16(2)30)27(37-18(4)32)26(36-17(3)31)24(38-23)19-10-11-22(28)20(12-19)13-34-21-8-6-5-7-9-21/h5-12,23-27H,13-14H2,1-4H3/t23-,24+,25-,26+,27+/m1/s1. The summed E-state index contributed by atoms with van der Waals surface area (Å²) < 4.78 is 33.6. The molecule has 0 radical (unpaired) electrons. The van der Waals surface area contributed by atoms with Crippen LogP contribution in [0.1, 0.15) is 44.9 Å². The maximum absolute atomic E-state index is 12.1. The topological polar surface area (TPSA) is 124 Å². The maximum atomic E-state index is 12.1. The van der Waals surface area contributed by atoms with E-state index in [4.69, 9.17) is 40.0 Å². The highest BCUT2D eigenvalue weighted by atomic mass is 35.5. The SMILES string of the molecule is CC(=O)OC[C@H]1O[C@@H](c2ccc(Cl)c(COc3ccccc3)c2)[C@H](OC(C)=O)[C@@H](OC(C)=O)[C@@H]1OC(C)=O. The number of benzene rings is 2. The molecule has 0 amide bonds. The average molecular weight is 549 g/mol. The molecule has 1 aliphatic rings. The van der Waals surface area contributed by atoms with Crippen LogP contribution in [0.3, 0.4) is 0 Å². The molecule has 0 spiro atoms. The number of carbonyl (C=O) groups excluding carboxylic acids is 4. The van der Waals surface area contributed by atoms with Crippen LogP contribution in [0.25, 0.3) is 0 Å². The van der Waals surface area contributed by atoms with E-state index in [2.05, 4.69) is 0 Å². The zero-order chi connectivity index (χ0) is 27.8. The Kier molecular flexibility index (Phi) is 10.1. The molecule has 5 atom stereocenters. The van der Waals surface area contributed by atoms with Crippen molar-refractivity contribution in [3.05, 3.63) is 64.7 Å². The molecule has 0 N–H and O–H groups in total. The first kappa shape index (κ1) is 28.9. The zero-order valence-electron chi connectivity index (χ0n) is 21.4. The summed E-state index contributed by atoms with van der Waals surface area (Å²) in [4.78, 5) is 47.6. The van der Waals surface area contributed by atoms with Crippen molar-refractivity contribution in [1.29, 1.82) is 0 Å². The summed E-state index contributed by atoms with van der Waals surface area (Å²) in [6.45, 7) is 4.55. The van der Waals surface area contributed by atoms with Crippen LogP contribution in [0, 0.1) is 0 Å². The molecule has 0 bridgehead atoms. The lowest BCUT2D eigenvalue weighted by molar-refractivity contribution is -0.254. The largest absolute Gasteiger partial charge is 0.489 e. The van der Waals surface area contributed by atoms with E-state index in [0.717, 1.165) is 0 Å². The first-order chi connectivity index (χ1) is 18.0. The number of para-hydroxylation sites is 1. The lowest BCUT2D eigenvalue weighted by Gasteiger charge is -2.44. The van der Waals surface area contributed by atoms with Gasteiger partial charge in [-0.05, 0) is 29.8 Å². The van der Waals surface area contributed by atoms with Gasteiger partial charge in [-0.3, -0.25) is 19.2 Å². The lowest BCUT2D eigenvalue weighted by Crippen LogP contribution is -2.59. The fourth-order valence-corrected chi connectivity index (χ4v) is 4.23. The fourth-order valence-electron chi connectivity index (χ4n) is 4.06. The summed E-state index contributed by atoms with van der Waals surface area (Å²) >= 11 is 6.42. The van der Waals surface area contributed by atoms with Crippen molar-refractivity contribution in [1.82, 2.24) is 0 Å². The minimum absolute atomic E-state index is 0.127. The molecule has 0 unspecified atom stereocenters. The Morgan fingerprint density at radius 1 is 0.789 bits per heavy atom. The van der Waals surface area contributed by atoms with Gasteiger partial charge in [0.1, 0.15) is 31.2 Å². The average Bonchev–Trinajstić information content (AvgIpc) is 2.84. The quantitative estimate of drug-likeness (QED) is 0.338. The number of ether oxygens (including phenoxy) is 6. The Morgan fingerprint density at radius 3 is 2.00 bits per heavy atom. The molecule has 38 heavy (non-hydrogen) atoms. The van der Waals surface area contributed by atoms with E-state index in [1.807, 2.05) is 18.2 Å². The van der Waals surface area contributed by atoms with Crippen LogP contribution < -0.4 is 4.74 Å². The molecule has 1 heterocycles. The molecule has 0 aromatic heterocycles. The van der Waals surface area contributed by atoms with Crippen molar-refractivity contribution < 1.29 is 47.6 Å². The molecule has 3 rings (SSSR count). The monoisotopic (exact) mass is 548 g/mol. The van der Waals surface area contributed by atoms with Crippen molar-refractivity contribution in [2.45, 2.75) is 64.8 Å². The minimum Gasteiger partial charge on any atom is -0.489 e. The van der Waals surface area contributed by atoms with Crippen molar-refractivity contribution in [2.75, 3.05) is 6.61 Å². The van der Waals surface area contributed by atoms with E-state index in [0.29, 0.717) is 21.9 Å². The lowest BCUT2D eigenvalue weighted by atomic mass is 9.90. The molecule has 10 nitrogen and oxygen atoms in total. The van der Waals surface area contributed by atoms with E-state index in [1.54, 1.807) is 30.3 Å². The molecule has 11 heteroatoms. The third-order valence-corrected chi connectivity index (χ3v) is 5.90. The first-order valence-electron chi connectivity index (χ1n) is 11.8. The highest BCUT2D eigenvalue weighted by molar-refractivity contribution is 6.31.